The van der Waals surface area contributed by atoms with Crippen molar-refractivity contribution in [2.45, 2.75) is 71.2 Å². The lowest BCUT2D eigenvalue weighted by molar-refractivity contribution is 0.198. The summed E-state index contributed by atoms with van der Waals surface area (Å²) in [5.41, 5.74) is 5.16. The molecule has 0 aliphatic carbocycles. The van der Waals surface area contributed by atoms with Gasteiger partial charge in [0.05, 0.1) is 18.5 Å². The highest BCUT2D eigenvalue weighted by atomic mass is 16.5. The first-order valence-electron chi connectivity index (χ1n) is 10.5. The van der Waals surface area contributed by atoms with Crippen LogP contribution in [0.3, 0.4) is 0 Å². The predicted octanol–water partition coefficient (Wildman–Crippen LogP) is 4.85. The van der Waals surface area contributed by atoms with Gasteiger partial charge in [0, 0.05) is 0 Å². The predicted molar refractivity (Wildman–Crippen MR) is 118 cm³/mol. The van der Waals surface area contributed by atoms with Crippen LogP contribution in [-0.2, 0) is 22.3 Å². The molecule has 152 valence electrons. The molecule has 0 fully saturated rings. The topological polar surface area (TPSA) is 43.2 Å². The van der Waals surface area contributed by atoms with Crippen molar-refractivity contribution in [1.29, 1.82) is 0 Å². The molecule has 0 radical (unpaired) electrons. The summed E-state index contributed by atoms with van der Waals surface area (Å²) in [6.45, 7) is 8.43. The van der Waals surface area contributed by atoms with Gasteiger partial charge in [-0.05, 0) is 51.7 Å². The van der Waals surface area contributed by atoms with Crippen molar-refractivity contribution in [1.82, 2.24) is 0 Å². The summed E-state index contributed by atoms with van der Waals surface area (Å²) in [4.78, 5) is 9.67. The van der Waals surface area contributed by atoms with E-state index in [-0.39, 0.29) is 24.3 Å². The van der Waals surface area contributed by atoms with Crippen molar-refractivity contribution in [2.24, 2.45) is 9.98 Å². The normalized spacial score (nSPS) is 25.9. The summed E-state index contributed by atoms with van der Waals surface area (Å²) >= 11 is 0. The van der Waals surface area contributed by atoms with Crippen molar-refractivity contribution >= 4 is 11.8 Å². The molecule has 29 heavy (non-hydrogen) atoms. The van der Waals surface area contributed by atoms with E-state index >= 15 is 0 Å². The van der Waals surface area contributed by atoms with Gasteiger partial charge in [-0.25, -0.2) is 9.98 Å². The Bertz CT molecular complexity index is 858. The largest absolute Gasteiger partial charge is 0.475 e. The van der Waals surface area contributed by atoms with Gasteiger partial charge in [0.2, 0.25) is 0 Å². The van der Waals surface area contributed by atoms with Crippen LogP contribution in [-0.4, -0.2) is 36.1 Å². The van der Waals surface area contributed by atoms with E-state index in [0.717, 1.165) is 24.6 Å². The van der Waals surface area contributed by atoms with Gasteiger partial charge in [0.25, 0.3) is 0 Å². The maximum Gasteiger partial charge on any atom is 0.193 e. The maximum absolute atomic E-state index is 6.03. The molecule has 0 spiro atoms. The molecule has 4 atom stereocenters. The van der Waals surface area contributed by atoms with Gasteiger partial charge in [0.15, 0.2) is 11.8 Å². The van der Waals surface area contributed by atoms with Crippen LogP contribution in [0.15, 0.2) is 58.5 Å². The molecule has 0 amide bonds. The average Bonchev–Trinajstić information content (AvgIpc) is 3.17. The molecule has 2 aliphatic heterocycles. The van der Waals surface area contributed by atoms with Gasteiger partial charge >= 0.3 is 0 Å². The van der Waals surface area contributed by atoms with Gasteiger partial charge in [-0.3, -0.25) is 0 Å². The lowest BCUT2D eigenvalue weighted by Crippen LogP contribution is -2.22. The Morgan fingerprint density at radius 1 is 0.724 bits per heavy atom. The first-order chi connectivity index (χ1) is 14.0. The number of aliphatic imine (C=N–C) groups is 2. The second-order valence-electron chi connectivity index (χ2n) is 8.39. The SMILES string of the molecule is Cc1cccc(C[C@H]2N=C(CC3=N[C@H](Cc4cccc(C)c4)C(C)O3)OC2C)c1. The Kier molecular flexibility index (Phi) is 5.70. The Morgan fingerprint density at radius 2 is 1.17 bits per heavy atom. The zero-order valence-electron chi connectivity index (χ0n) is 17.8. The fourth-order valence-corrected chi connectivity index (χ4v) is 4.12. The van der Waals surface area contributed by atoms with Crippen molar-refractivity contribution in [3.63, 3.8) is 0 Å². The van der Waals surface area contributed by atoms with Crippen LogP contribution >= 0.6 is 0 Å². The van der Waals surface area contributed by atoms with Crippen molar-refractivity contribution in [3.05, 3.63) is 70.8 Å². The minimum absolute atomic E-state index is 0.0769. The molecule has 2 aromatic carbocycles. The summed E-state index contributed by atoms with van der Waals surface area (Å²) in [6.07, 6.45) is 2.49. The van der Waals surface area contributed by atoms with E-state index in [4.69, 9.17) is 19.5 Å². The van der Waals surface area contributed by atoms with Crippen molar-refractivity contribution in [3.8, 4) is 0 Å². The molecule has 0 saturated carbocycles. The van der Waals surface area contributed by atoms with E-state index in [0.29, 0.717) is 6.42 Å². The third-order valence-corrected chi connectivity index (χ3v) is 5.70. The third kappa shape index (κ3) is 4.87. The van der Waals surface area contributed by atoms with Crippen molar-refractivity contribution in [2.75, 3.05) is 0 Å². The second kappa shape index (κ2) is 8.40. The molecule has 4 rings (SSSR count). The number of hydrogen-bond donors (Lipinski definition) is 0. The van der Waals surface area contributed by atoms with Crippen LogP contribution in [0.5, 0.6) is 0 Å². The Balaban J connectivity index is 1.39. The maximum atomic E-state index is 6.03. The summed E-state index contributed by atoms with van der Waals surface area (Å²) in [6, 6.07) is 17.5. The highest BCUT2D eigenvalue weighted by molar-refractivity contribution is 5.98. The van der Waals surface area contributed by atoms with E-state index in [2.05, 4.69) is 76.2 Å². The molecular formula is C25H30N2O2. The molecule has 0 aromatic heterocycles. The van der Waals surface area contributed by atoms with E-state index in [1.807, 2.05) is 0 Å². The lowest BCUT2D eigenvalue weighted by Gasteiger charge is -2.13. The van der Waals surface area contributed by atoms with Gasteiger partial charge in [-0.15, -0.1) is 0 Å². The summed E-state index contributed by atoms with van der Waals surface area (Å²) in [5.74, 6) is 1.50. The highest BCUT2D eigenvalue weighted by Crippen LogP contribution is 2.24. The molecular weight excluding hydrogens is 360 g/mol. The van der Waals surface area contributed by atoms with Crippen LogP contribution < -0.4 is 0 Å². The van der Waals surface area contributed by atoms with E-state index in [9.17, 15) is 0 Å². The van der Waals surface area contributed by atoms with Gasteiger partial charge < -0.3 is 9.47 Å². The molecule has 2 aliphatic rings. The third-order valence-electron chi connectivity index (χ3n) is 5.70. The Labute approximate surface area is 173 Å². The number of nitrogens with zero attached hydrogens (tertiary/aromatic N) is 2. The fraction of sp³-hybridized carbons (Fsp3) is 0.440. The zero-order chi connectivity index (χ0) is 20.4. The zero-order valence-corrected chi connectivity index (χ0v) is 17.8. The lowest BCUT2D eigenvalue weighted by atomic mass is 10.0. The van der Waals surface area contributed by atoms with Gasteiger partial charge in [0.1, 0.15) is 12.2 Å². The first kappa shape index (κ1) is 19.7. The summed E-state index contributed by atoms with van der Waals surface area (Å²) in [7, 11) is 0. The van der Waals surface area contributed by atoms with Crippen LogP contribution in [0.2, 0.25) is 0 Å². The molecule has 0 N–H and O–H groups in total. The summed E-state index contributed by atoms with van der Waals surface area (Å²) < 4.78 is 12.1. The number of aryl methyl sites for hydroxylation is 2. The molecule has 0 saturated heterocycles. The van der Waals surface area contributed by atoms with E-state index < -0.39 is 0 Å². The quantitative estimate of drug-likeness (QED) is 0.708. The highest BCUT2D eigenvalue weighted by Gasteiger charge is 2.32. The van der Waals surface area contributed by atoms with Crippen LogP contribution in [0.4, 0.5) is 0 Å². The Hall–Kier alpha value is -2.62. The average molecular weight is 391 g/mol. The van der Waals surface area contributed by atoms with Crippen molar-refractivity contribution < 1.29 is 9.47 Å². The number of benzene rings is 2. The monoisotopic (exact) mass is 390 g/mol. The number of hydrogen-bond acceptors (Lipinski definition) is 4. The standard InChI is InChI=1S/C25H30N2O2/c1-16-7-5-9-20(11-16)13-22-18(3)28-24(26-22)15-25-27-23(19(4)29-25)14-21-10-6-8-17(2)12-21/h5-12,18-19,22-23H,13-15H2,1-4H3/t18?,19?,22-,23-/m1/s1. The molecule has 2 aromatic rings. The van der Waals surface area contributed by atoms with E-state index in [1.54, 1.807) is 0 Å². The van der Waals surface area contributed by atoms with E-state index in [1.165, 1.54) is 22.3 Å². The smallest absolute Gasteiger partial charge is 0.193 e. The Morgan fingerprint density at radius 3 is 1.59 bits per heavy atom. The van der Waals surface area contributed by atoms with Gasteiger partial charge in [-0.1, -0.05) is 59.7 Å². The second-order valence-corrected chi connectivity index (χ2v) is 8.39. The van der Waals surface area contributed by atoms with Crippen LogP contribution in [0, 0.1) is 13.8 Å². The molecule has 2 heterocycles. The minimum atomic E-state index is 0.0769. The number of ether oxygens (including phenoxy) is 2. The van der Waals surface area contributed by atoms with Gasteiger partial charge in [-0.2, -0.15) is 0 Å². The van der Waals surface area contributed by atoms with Crippen LogP contribution in [0.1, 0.15) is 42.5 Å². The molecule has 4 nitrogen and oxygen atoms in total. The minimum Gasteiger partial charge on any atom is -0.475 e. The molecule has 4 heteroatoms. The van der Waals surface area contributed by atoms with Crippen LogP contribution in [0.25, 0.3) is 0 Å². The fourth-order valence-electron chi connectivity index (χ4n) is 4.12. The summed E-state index contributed by atoms with van der Waals surface area (Å²) in [5, 5.41) is 0. The number of rotatable bonds is 6. The molecule has 2 unspecified atom stereocenters. The first-order valence-corrected chi connectivity index (χ1v) is 10.5. The molecule has 0 bridgehead atoms.